The van der Waals surface area contributed by atoms with Crippen molar-refractivity contribution in [3.8, 4) is 0 Å². The van der Waals surface area contributed by atoms with Crippen molar-refractivity contribution in [3.63, 3.8) is 0 Å². The number of aromatic nitrogens is 3. The number of anilines is 1. The maximum Gasteiger partial charge on any atom is 0.320 e. The van der Waals surface area contributed by atoms with Gasteiger partial charge < -0.3 is 18.6 Å². The smallest absolute Gasteiger partial charge is 0.320 e. The Balaban J connectivity index is 0.000000153. The molecule has 0 saturated carbocycles. The number of fused-ring (bicyclic) bond motifs is 7. The summed E-state index contributed by atoms with van der Waals surface area (Å²) in [4.78, 5) is 30.5. The quantitative estimate of drug-likeness (QED) is 0.216. The van der Waals surface area contributed by atoms with Crippen molar-refractivity contribution in [3.05, 3.63) is 52.0 Å². The Bertz CT molecular complexity index is 1760. The van der Waals surface area contributed by atoms with E-state index in [0.29, 0.717) is 12.6 Å². The lowest BCUT2D eigenvalue weighted by Crippen LogP contribution is -2.44. The lowest BCUT2D eigenvalue weighted by Gasteiger charge is -2.34. The molecule has 0 fully saturated rings. The van der Waals surface area contributed by atoms with Gasteiger partial charge >= 0.3 is 5.97 Å². The van der Waals surface area contributed by atoms with Crippen LogP contribution in [0.5, 0.6) is 0 Å². The average Bonchev–Trinajstić information content (AvgIpc) is 3.39. The molecular formula is C33H41N5O4S. The number of para-hydroxylation sites is 2. The van der Waals surface area contributed by atoms with Crippen LogP contribution in [0.1, 0.15) is 76.1 Å². The molecule has 4 aromatic rings. The Morgan fingerprint density at radius 2 is 2.05 bits per heavy atom. The Labute approximate surface area is 255 Å². The lowest BCUT2D eigenvalue weighted by atomic mass is 9.88. The van der Waals surface area contributed by atoms with Crippen LogP contribution in [0.4, 0.5) is 5.95 Å². The van der Waals surface area contributed by atoms with Gasteiger partial charge in [0.15, 0.2) is 5.92 Å². The third-order valence-electron chi connectivity index (χ3n) is 8.76. The number of esters is 1. The van der Waals surface area contributed by atoms with Crippen molar-refractivity contribution in [2.75, 3.05) is 11.9 Å². The zero-order chi connectivity index (χ0) is 30.5. The van der Waals surface area contributed by atoms with Crippen LogP contribution in [-0.4, -0.2) is 38.2 Å². The van der Waals surface area contributed by atoms with Gasteiger partial charge in [0.25, 0.3) is 0 Å². The molecule has 43 heavy (non-hydrogen) atoms. The molecule has 6 heterocycles. The predicted molar refractivity (Wildman–Crippen MR) is 168 cm³/mol. The van der Waals surface area contributed by atoms with Crippen molar-refractivity contribution >= 4 is 50.3 Å². The maximum atomic E-state index is 12.4. The maximum absolute atomic E-state index is 12.4. The highest BCUT2D eigenvalue weighted by atomic mass is 32.1. The van der Waals surface area contributed by atoms with Gasteiger partial charge in [0.2, 0.25) is 11.9 Å². The molecule has 228 valence electrons. The minimum Gasteiger partial charge on any atom is -0.465 e. The zero-order valence-corrected chi connectivity index (χ0v) is 26.5. The fourth-order valence-electron chi connectivity index (χ4n) is 6.75. The van der Waals surface area contributed by atoms with E-state index < -0.39 is 11.9 Å². The molecule has 0 bridgehead atoms. The minimum absolute atomic E-state index is 0.0804. The van der Waals surface area contributed by atoms with Crippen molar-refractivity contribution in [2.24, 2.45) is 11.8 Å². The van der Waals surface area contributed by atoms with E-state index in [2.05, 4.69) is 34.8 Å². The van der Waals surface area contributed by atoms with Gasteiger partial charge in [-0.25, -0.2) is 4.98 Å². The Kier molecular flexibility index (Phi) is 7.93. The van der Waals surface area contributed by atoms with Crippen molar-refractivity contribution in [1.82, 2.24) is 14.1 Å². The fraction of sp³-hybridized carbons (Fsp3) is 0.515. The number of carbonyl (C=O) groups excluding carboxylic acids is 2. The molecular weight excluding hydrogens is 562 g/mol. The number of nitrogens with one attached hydrogen (secondary N) is 2. The number of rotatable bonds is 3. The van der Waals surface area contributed by atoms with Crippen LogP contribution in [-0.2, 0) is 45.1 Å². The van der Waals surface area contributed by atoms with E-state index in [1.54, 1.807) is 6.92 Å². The first kappa shape index (κ1) is 29.6. The van der Waals surface area contributed by atoms with Crippen molar-refractivity contribution < 1.29 is 19.1 Å². The molecule has 0 aliphatic carbocycles. The summed E-state index contributed by atoms with van der Waals surface area (Å²) in [5.74, 6) is -1.12. The molecule has 1 aromatic carbocycles. The van der Waals surface area contributed by atoms with Gasteiger partial charge in [-0.2, -0.15) is 0 Å². The number of benzene rings is 1. The summed E-state index contributed by atoms with van der Waals surface area (Å²) >= 11 is 1.84. The van der Waals surface area contributed by atoms with E-state index in [4.69, 9.17) is 14.9 Å². The van der Waals surface area contributed by atoms with Crippen LogP contribution in [0.25, 0.3) is 21.1 Å². The molecule has 3 aromatic heterocycles. The van der Waals surface area contributed by atoms with Gasteiger partial charge in [-0.15, -0.1) is 11.3 Å². The highest BCUT2D eigenvalue weighted by Crippen LogP contribution is 2.39. The van der Waals surface area contributed by atoms with Crippen LogP contribution in [0.2, 0.25) is 0 Å². The second-order valence-corrected chi connectivity index (χ2v) is 13.8. The SMILES string of the molecule is CC1(C)Cc2c(sc3cc4n(c(=N)c23)CCCCC4)CO1.CCOC(=O)C1C(=O)Nc2nc3ccccc3n2C1C(C)C. The molecule has 2 unspecified atom stereocenters. The Hall–Kier alpha value is -3.50. The van der Waals surface area contributed by atoms with Crippen LogP contribution in [0, 0.1) is 17.2 Å². The summed E-state index contributed by atoms with van der Waals surface area (Å²) in [6.45, 7) is 12.0. The topological polar surface area (TPSA) is 111 Å². The average molecular weight is 604 g/mol. The summed E-state index contributed by atoms with van der Waals surface area (Å²) in [7, 11) is 0. The van der Waals surface area contributed by atoms with E-state index in [1.165, 1.54) is 45.5 Å². The number of pyridine rings is 1. The zero-order valence-electron chi connectivity index (χ0n) is 25.7. The second kappa shape index (κ2) is 11.5. The molecule has 0 saturated heterocycles. The monoisotopic (exact) mass is 603 g/mol. The van der Waals surface area contributed by atoms with Crippen molar-refractivity contribution in [1.29, 1.82) is 5.41 Å². The number of aryl methyl sites for hydroxylation is 1. The Morgan fingerprint density at radius 3 is 2.81 bits per heavy atom. The first-order valence-corrected chi connectivity index (χ1v) is 16.2. The van der Waals surface area contributed by atoms with Crippen LogP contribution in [0.15, 0.2) is 30.3 Å². The molecule has 3 aliphatic heterocycles. The molecule has 3 aliphatic rings. The van der Waals surface area contributed by atoms with Gasteiger partial charge in [-0.3, -0.25) is 20.3 Å². The van der Waals surface area contributed by atoms with Gasteiger partial charge in [0.1, 0.15) is 5.49 Å². The van der Waals surface area contributed by atoms with E-state index in [-0.39, 0.29) is 30.1 Å². The van der Waals surface area contributed by atoms with Crippen molar-refractivity contribution in [2.45, 2.75) is 91.5 Å². The standard InChI is InChI=1S/C17H22N2OS.C16H19N3O3/c1-17(2)9-12-14(10-20-17)21-13-8-11-6-4-3-5-7-19(11)16(18)15(12)13;1-4-22-15(21)12-13(9(2)3)19-11-8-6-5-7-10(11)17-16(19)18-14(12)20/h8,18H,3-7,9-10H2,1-2H3;5-9,12-13H,4H2,1-3H3,(H,17,18,20). The normalized spacial score (nSPS) is 20.8. The molecule has 2 N–H and O–H groups in total. The number of imidazole rings is 1. The molecule has 0 radical (unpaired) electrons. The first-order valence-electron chi connectivity index (χ1n) is 15.4. The fourth-order valence-corrected chi connectivity index (χ4v) is 7.94. The predicted octanol–water partition coefficient (Wildman–Crippen LogP) is 6.12. The number of hydrogen-bond donors (Lipinski definition) is 2. The summed E-state index contributed by atoms with van der Waals surface area (Å²) in [6, 6.07) is 9.69. The highest BCUT2D eigenvalue weighted by Gasteiger charge is 2.44. The Morgan fingerprint density at radius 1 is 1.26 bits per heavy atom. The summed E-state index contributed by atoms with van der Waals surface area (Å²) in [5, 5.41) is 12.7. The molecule has 1 amide bonds. The third-order valence-corrected chi connectivity index (χ3v) is 9.91. The van der Waals surface area contributed by atoms with E-state index in [1.807, 2.05) is 54.0 Å². The number of thiophene rings is 1. The van der Waals surface area contributed by atoms with Crippen LogP contribution in [0.3, 0.4) is 0 Å². The van der Waals surface area contributed by atoms with Gasteiger partial charge in [-0.05, 0) is 69.7 Å². The van der Waals surface area contributed by atoms with Gasteiger partial charge in [0.05, 0.1) is 35.9 Å². The third kappa shape index (κ3) is 5.40. The largest absolute Gasteiger partial charge is 0.465 e. The van der Waals surface area contributed by atoms with Gasteiger partial charge in [0, 0.05) is 33.6 Å². The number of hydrogen-bond acceptors (Lipinski definition) is 7. The molecule has 0 spiro atoms. The summed E-state index contributed by atoms with van der Waals surface area (Å²) in [5.41, 5.74) is 5.06. The molecule has 9 nitrogen and oxygen atoms in total. The van der Waals surface area contributed by atoms with E-state index in [9.17, 15) is 9.59 Å². The minimum atomic E-state index is -0.856. The number of carbonyl (C=O) groups is 2. The molecule has 2 atom stereocenters. The summed E-state index contributed by atoms with van der Waals surface area (Å²) in [6.07, 6.45) is 5.79. The van der Waals surface area contributed by atoms with E-state index in [0.717, 1.165) is 35.9 Å². The number of amides is 1. The first-order chi connectivity index (χ1) is 20.6. The lowest BCUT2D eigenvalue weighted by molar-refractivity contribution is -0.154. The molecule has 10 heteroatoms. The number of nitrogens with zero attached hydrogens (tertiary/aromatic N) is 3. The second-order valence-electron chi connectivity index (χ2n) is 12.7. The van der Waals surface area contributed by atoms with Crippen LogP contribution >= 0.6 is 11.3 Å². The number of ether oxygens (including phenoxy) is 2. The van der Waals surface area contributed by atoms with E-state index >= 15 is 0 Å². The highest BCUT2D eigenvalue weighted by molar-refractivity contribution is 7.19. The molecule has 7 rings (SSSR count). The summed E-state index contributed by atoms with van der Waals surface area (Å²) < 4.78 is 16.5. The van der Waals surface area contributed by atoms with Crippen LogP contribution < -0.4 is 10.8 Å². The van der Waals surface area contributed by atoms with Gasteiger partial charge in [-0.1, -0.05) is 32.4 Å².